The van der Waals surface area contributed by atoms with Crippen molar-refractivity contribution in [2.75, 3.05) is 42.6 Å². The van der Waals surface area contributed by atoms with Crippen LogP contribution in [-0.4, -0.2) is 71.9 Å². The predicted molar refractivity (Wildman–Crippen MR) is 119 cm³/mol. The van der Waals surface area contributed by atoms with E-state index in [1.165, 1.54) is 12.1 Å². The van der Waals surface area contributed by atoms with E-state index in [4.69, 9.17) is 4.98 Å². The lowest BCUT2D eigenvalue weighted by molar-refractivity contribution is -0.384. The lowest BCUT2D eigenvalue weighted by atomic mass is 10.0. The summed E-state index contributed by atoms with van der Waals surface area (Å²) in [5, 5.41) is 10.9. The molecule has 10 heteroatoms. The Balaban J connectivity index is 1.47. The summed E-state index contributed by atoms with van der Waals surface area (Å²) in [7, 11) is -2.86. The molecule has 0 radical (unpaired) electrons. The zero-order chi connectivity index (χ0) is 22.0. The minimum Gasteiger partial charge on any atom is -0.356 e. The molecule has 0 saturated carbocycles. The fourth-order valence-corrected chi connectivity index (χ4v) is 5.47. The molecule has 2 aliphatic heterocycles. The molecular formula is C21H27N5O4S. The molecule has 1 aromatic carbocycles. The topological polar surface area (TPSA) is 110 Å². The van der Waals surface area contributed by atoms with Crippen LogP contribution in [0.1, 0.15) is 25.5 Å². The molecule has 0 aliphatic carbocycles. The zero-order valence-electron chi connectivity index (χ0n) is 17.6. The van der Waals surface area contributed by atoms with E-state index >= 15 is 0 Å². The summed E-state index contributed by atoms with van der Waals surface area (Å²) in [6, 6.07) is 8.75. The highest BCUT2D eigenvalue weighted by atomic mass is 32.2. The maximum absolute atomic E-state index is 11.7. The first kappa shape index (κ1) is 21.6. The van der Waals surface area contributed by atoms with E-state index in [2.05, 4.69) is 14.8 Å². The number of aromatic nitrogens is 2. The predicted octanol–water partition coefficient (Wildman–Crippen LogP) is 2.31. The van der Waals surface area contributed by atoms with Gasteiger partial charge in [-0.05, 0) is 31.4 Å². The van der Waals surface area contributed by atoms with E-state index < -0.39 is 14.8 Å². The first-order chi connectivity index (χ1) is 14.8. The Bertz CT molecular complexity index is 1040. The number of non-ortho nitro benzene ring substituents is 1. The molecule has 2 aliphatic rings. The van der Waals surface area contributed by atoms with Crippen molar-refractivity contribution in [3.05, 3.63) is 46.1 Å². The van der Waals surface area contributed by atoms with Gasteiger partial charge in [-0.25, -0.2) is 18.4 Å². The number of aryl methyl sites for hydroxylation is 1. The minimum atomic E-state index is -2.86. The van der Waals surface area contributed by atoms with Crippen molar-refractivity contribution < 1.29 is 13.3 Å². The average Bonchev–Trinajstić information content (AvgIpc) is 2.79. The number of benzene rings is 1. The summed E-state index contributed by atoms with van der Waals surface area (Å²) in [6.45, 7) is 5.01. The van der Waals surface area contributed by atoms with Gasteiger partial charge in [-0.3, -0.25) is 15.0 Å². The second-order valence-corrected chi connectivity index (χ2v) is 10.4. The number of hydrogen-bond donors (Lipinski definition) is 0. The Morgan fingerprint density at radius 1 is 1.06 bits per heavy atom. The molecule has 1 aromatic heterocycles. The van der Waals surface area contributed by atoms with Crippen LogP contribution in [0.25, 0.3) is 11.4 Å². The highest BCUT2D eigenvalue weighted by Gasteiger charge is 2.30. The largest absolute Gasteiger partial charge is 0.356 e. The number of nitro groups is 1. The number of hydrogen-bond acceptors (Lipinski definition) is 8. The summed E-state index contributed by atoms with van der Waals surface area (Å²) in [5.41, 5.74) is 1.73. The number of nitrogens with zero attached hydrogens (tertiary/aromatic N) is 5. The third kappa shape index (κ3) is 5.01. The van der Waals surface area contributed by atoms with E-state index in [1.807, 2.05) is 13.0 Å². The molecule has 0 N–H and O–H groups in total. The number of nitro benzene ring substituents is 1. The summed E-state index contributed by atoms with van der Waals surface area (Å²) in [6.07, 6.45) is 2.71. The van der Waals surface area contributed by atoms with E-state index in [9.17, 15) is 18.5 Å². The van der Waals surface area contributed by atoms with Gasteiger partial charge in [0.15, 0.2) is 15.7 Å². The van der Waals surface area contributed by atoms with Crippen molar-refractivity contribution in [2.45, 2.75) is 32.2 Å². The molecule has 2 aromatic rings. The second-order valence-electron chi connectivity index (χ2n) is 8.10. The fraction of sp³-hybridized carbons (Fsp3) is 0.524. The van der Waals surface area contributed by atoms with Crippen LogP contribution < -0.4 is 4.90 Å². The second kappa shape index (κ2) is 8.88. The molecule has 9 nitrogen and oxygen atoms in total. The van der Waals surface area contributed by atoms with Gasteiger partial charge in [0.1, 0.15) is 5.82 Å². The molecule has 4 rings (SSSR count). The SMILES string of the molecule is CCc1cc(N2CCC(N3CCS(=O)(=O)CC3)CC2)nc(-c2ccc([N+](=O)[O-])cc2)n1. The van der Waals surface area contributed by atoms with Crippen molar-refractivity contribution in [3.8, 4) is 11.4 Å². The first-order valence-corrected chi connectivity index (χ1v) is 12.5. The van der Waals surface area contributed by atoms with Gasteiger partial charge in [0.2, 0.25) is 0 Å². The van der Waals surface area contributed by atoms with Crippen LogP contribution in [0.5, 0.6) is 0 Å². The lowest BCUT2D eigenvalue weighted by Crippen LogP contribution is -2.50. The third-order valence-corrected chi connectivity index (χ3v) is 7.76. The molecule has 0 amide bonds. The fourth-order valence-electron chi connectivity index (χ4n) is 4.24. The van der Waals surface area contributed by atoms with Crippen LogP contribution in [0, 0.1) is 10.1 Å². The molecule has 0 spiro atoms. The zero-order valence-corrected chi connectivity index (χ0v) is 18.4. The van der Waals surface area contributed by atoms with Gasteiger partial charge >= 0.3 is 0 Å². The Hall–Kier alpha value is -2.59. The van der Waals surface area contributed by atoms with E-state index in [0.717, 1.165) is 49.4 Å². The Morgan fingerprint density at radius 2 is 1.71 bits per heavy atom. The quantitative estimate of drug-likeness (QED) is 0.509. The summed E-state index contributed by atoms with van der Waals surface area (Å²) in [4.78, 5) is 24.5. The van der Waals surface area contributed by atoms with Crippen molar-refractivity contribution in [2.24, 2.45) is 0 Å². The van der Waals surface area contributed by atoms with Gasteiger partial charge in [0.05, 0.1) is 16.4 Å². The molecular weight excluding hydrogens is 418 g/mol. The minimum absolute atomic E-state index is 0.0446. The standard InChI is InChI=1S/C21H27N5O4S/c1-2-17-15-20(23-21(22-17)16-3-5-19(6-4-16)26(27)28)25-9-7-18(8-10-25)24-11-13-31(29,30)14-12-24/h3-6,15,18H,2,7-14H2,1H3. The lowest BCUT2D eigenvalue weighted by Gasteiger charge is -2.40. The van der Waals surface area contributed by atoms with Crippen molar-refractivity contribution in [1.29, 1.82) is 0 Å². The number of rotatable bonds is 5. The molecule has 0 atom stereocenters. The molecule has 31 heavy (non-hydrogen) atoms. The van der Waals surface area contributed by atoms with Gasteiger partial charge < -0.3 is 4.90 Å². The summed E-state index contributed by atoms with van der Waals surface area (Å²) < 4.78 is 23.4. The number of anilines is 1. The van der Waals surface area contributed by atoms with E-state index in [-0.39, 0.29) is 17.2 Å². The summed E-state index contributed by atoms with van der Waals surface area (Å²) in [5.74, 6) is 1.97. The van der Waals surface area contributed by atoms with Crippen molar-refractivity contribution in [3.63, 3.8) is 0 Å². The van der Waals surface area contributed by atoms with E-state index in [0.29, 0.717) is 25.0 Å². The van der Waals surface area contributed by atoms with Gasteiger partial charge in [-0.1, -0.05) is 6.92 Å². The van der Waals surface area contributed by atoms with Gasteiger partial charge in [-0.2, -0.15) is 0 Å². The van der Waals surface area contributed by atoms with Gasteiger partial charge in [-0.15, -0.1) is 0 Å². The number of sulfone groups is 1. The highest BCUT2D eigenvalue weighted by molar-refractivity contribution is 7.91. The van der Waals surface area contributed by atoms with Crippen LogP contribution in [0.2, 0.25) is 0 Å². The molecule has 2 saturated heterocycles. The van der Waals surface area contributed by atoms with Gasteiger partial charge in [0.25, 0.3) is 5.69 Å². The summed E-state index contributed by atoms with van der Waals surface area (Å²) >= 11 is 0. The Labute approximate surface area is 182 Å². The molecule has 166 valence electrons. The maximum Gasteiger partial charge on any atom is 0.269 e. The number of piperidine rings is 1. The molecule has 2 fully saturated rings. The molecule has 0 unspecified atom stereocenters. The van der Waals surface area contributed by atoms with Crippen molar-refractivity contribution in [1.82, 2.24) is 14.9 Å². The van der Waals surface area contributed by atoms with Gasteiger partial charge in [0, 0.05) is 61.7 Å². The van der Waals surface area contributed by atoms with E-state index in [1.54, 1.807) is 12.1 Å². The van der Waals surface area contributed by atoms with Crippen LogP contribution >= 0.6 is 0 Å². The average molecular weight is 446 g/mol. The Morgan fingerprint density at radius 3 is 2.29 bits per heavy atom. The van der Waals surface area contributed by atoms with Crippen LogP contribution in [0.4, 0.5) is 11.5 Å². The highest BCUT2D eigenvalue weighted by Crippen LogP contribution is 2.26. The van der Waals surface area contributed by atoms with Crippen LogP contribution in [0.3, 0.4) is 0 Å². The maximum atomic E-state index is 11.7. The third-order valence-electron chi connectivity index (χ3n) is 6.15. The molecule has 3 heterocycles. The first-order valence-electron chi connectivity index (χ1n) is 10.7. The van der Waals surface area contributed by atoms with Crippen LogP contribution in [0.15, 0.2) is 30.3 Å². The smallest absolute Gasteiger partial charge is 0.269 e. The normalized spacial score (nSPS) is 20.0. The molecule has 0 bridgehead atoms. The van der Waals surface area contributed by atoms with Crippen LogP contribution in [-0.2, 0) is 16.3 Å². The van der Waals surface area contributed by atoms with Crippen molar-refractivity contribution >= 4 is 21.3 Å². The Kier molecular flexibility index (Phi) is 6.19. The monoisotopic (exact) mass is 445 g/mol.